The summed E-state index contributed by atoms with van der Waals surface area (Å²) in [4.78, 5) is 23.1. The van der Waals surface area contributed by atoms with E-state index in [9.17, 15) is 9.59 Å². The molecule has 1 N–H and O–H groups in total. The van der Waals surface area contributed by atoms with Crippen LogP contribution in [0.25, 0.3) is 17.0 Å². The van der Waals surface area contributed by atoms with Crippen LogP contribution in [0.1, 0.15) is 5.56 Å². The standard InChI is InChI=1S/C18H12ClNO3/c19-14-5-1-12(2-6-14)3-9-17(21)20-15-7-8-16-13(11-15)4-10-18(22)23-16/h1-11H,(H,20,21). The van der Waals surface area contributed by atoms with Gasteiger partial charge < -0.3 is 9.73 Å². The molecule has 0 aliphatic carbocycles. The molecule has 3 aromatic rings. The third kappa shape index (κ3) is 3.87. The maximum absolute atomic E-state index is 11.9. The average molecular weight is 326 g/mol. The van der Waals surface area contributed by atoms with E-state index in [-0.39, 0.29) is 5.91 Å². The summed E-state index contributed by atoms with van der Waals surface area (Å²) in [5, 5.41) is 4.15. The lowest BCUT2D eigenvalue weighted by molar-refractivity contribution is -0.111. The van der Waals surface area contributed by atoms with Gasteiger partial charge in [-0.2, -0.15) is 0 Å². The first kappa shape index (κ1) is 15.1. The Morgan fingerprint density at radius 1 is 1.04 bits per heavy atom. The minimum absolute atomic E-state index is 0.253. The van der Waals surface area contributed by atoms with Crippen molar-refractivity contribution in [1.82, 2.24) is 0 Å². The first-order valence-corrected chi connectivity index (χ1v) is 7.26. The monoisotopic (exact) mass is 325 g/mol. The number of fused-ring (bicyclic) bond motifs is 1. The van der Waals surface area contributed by atoms with Gasteiger partial charge in [0.2, 0.25) is 5.91 Å². The Kier molecular flexibility index (Phi) is 4.26. The number of carbonyl (C=O) groups excluding carboxylic acids is 1. The molecule has 114 valence electrons. The zero-order valence-electron chi connectivity index (χ0n) is 12.0. The predicted octanol–water partition coefficient (Wildman–Crippen LogP) is 4.10. The van der Waals surface area contributed by atoms with Crippen molar-refractivity contribution in [2.75, 3.05) is 5.32 Å². The summed E-state index contributed by atoms with van der Waals surface area (Å²) in [6, 6.07) is 15.2. The molecule has 1 amide bonds. The smallest absolute Gasteiger partial charge is 0.336 e. The number of hydrogen-bond donors (Lipinski definition) is 1. The first-order valence-electron chi connectivity index (χ1n) is 6.89. The van der Waals surface area contributed by atoms with E-state index in [1.54, 1.807) is 42.5 Å². The van der Waals surface area contributed by atoms with Gasteiger partial charge in [0.1, 0.15) is 5.58 Å². The average Bonchev–Trinajstić information content (AvgIpc) is 2.54. The van der Waals surface area contributed by atoms with Crippen molar-refractivity contribution in [3.63, 3.8) is 0 Å². The van der Waals surface area contributed by atoms with Crippen molar-refractivity contribution < 1.29 is 9.21 Å². The highest BCUT2D eigenvalue weighted by Crippen LogP contribution is 2.17. The van der Waals surface area contributed by atoms with Gasteiger partial charge in [0.05, 0.1) is 0 Å². The number of carbonyl (C=O) groups is 1. The molecule has 1 heterocycles. The fourth-order valence-corrected chi connectivity index (χ4v) is 2.21. The van der Waals surface area contributed by atoms with Crippen LogP contribution in [0.15, 0.2) is 69.9 Å². The Hall–Kier alpha value is -2.85. The highest BCUT2D eigenvalue weighted by Gasteiger charge is 2.02. The van der Waals surface area contributed by atoms with Crippen LogP contribution in [-0.4, -0.2) is 5.91 Å². The van der Waals surface area contributed by atoms with Crippen LogP contribution >= 0.6 is 11.6 Å². The van der Waals surface area contributed by atoms with Crippen molar-refractivity contribution in [1.29, 1.82) is 0 Å². The lowest BCUT2D eigenvalue weighted by Gasteiger charge is -2.03. The van der Waals surface area contributed by atoms with Crippen LogP contribution in [0.3, 0.4) is 0 Å². The molecule has 5 heteroatoms. The van der Waals surface area contributed by atoms with Crippen LogP contribution in [0, 0.1) is 0 Å². The summed E-state index contributed by atoms with van der Waals surface area (Å²) < 4.78 is 5.04. The van der Waals surface area contributed by atoms with E-state index in [1.165, 1.54) is 12.1 Å². The number of nitrogens with one attached hydrogen (secondary N) is 1. The molecule has 0 aliphatic rings. The third-order valence-electron chi connectivity index (χ3n) is 3.18. The minimum atomic E-state index is -0.403. The van der Waals surface area contributed by atoms with E-state index in [2.05, 4.69) is 5.32 Å². The van der Waals surface area contributed by atoms with Gasteiger partial charge in [0.15, 0.2) is 0 Å². The molecule has 1 aromatic heterocycles. The van der Waals surface area contributed by atoms with Gasteiger partial charge in [-0.25, -0.2) is 4.79 Å². The molecule has 23 heavy (non-hydrogen) atoms. The van der Waals surface area contributed by atoms with Crippen molar-refractivity contribution in [3.05, 3.63) is 81.7 Å². The summed E-state index contributed by atoms with van der Waals surface area (Å²) in [6.45, 7) is 0. The second-order valence-electron chi connectivity index (χ2n) is 4.88. The lowest BCUT2D eigenvalue weighted by Crippen LogP contribution is -2.07. The maximum atomic E-state index is 11.9. The highest BCUT2D eigenvalue weighted by atomic mass is 35.5. The van der Waals surface area contributed by atoms with E-state index < -0.39 is 5.63 Å². The second kappa shape index (κ2) is 6.50. The number of benzene rings is 2. The normalized spacial score (nSPS) is 11.0. The minimum Gasteiger partial charge on any atom is -0.423 e. The molecule has 3 rings (SSSR count). The van der Waals surface area contributed by atoms with Crippen LogP contribution in [0.5, 0.6) is 0 Å². The van der Waals surface area contributed by atoms with Gasteiger partial charge in [0, 0.05) is 28.2 Å². The van der Waals surface area contributed by atoms with Crippen LogP contribution in [0.4, 0.5) is 5.69 Å². The summed E-state index contributed by atoms with van der Waals surface area (Å²) in [7, 11) is 0. The fourth-order valence-electron chi connectivity index (χ4n) is 2.08. The topological polar surface area (TPSA) is 59.3 Å². The Morgan fingerprint density at radius 2 is 1.83 bits per heavy atom. The van der Waals surface area contributed by atoms with Crippen LogP contribution in [-0.2, 0) is 4.79 Å². The van der Waals surface area contributed by atoms with E-state index in [0.29, 0.717) is 16.3 Å². The van der Waals surface area contributed by atoms with Gasteiger partial charge in [-0.15, -0.1) is 0 Å². The van der Waals surface area contributed by atoms with Gasteiger partial charge in [-0.1, -0.05) is 23.7 Å². The Balaban J connectivity index is 1.73. The van der Waals surface area contributed by atoms with Gasteiger partial charge in [0.25, 0.3) is 0 Å². The molecule has 0 spiro atoms. The van der Waals surface area contributed by atoms with Crippen LogP contribution in [0.2, 0.25) is 5.02 Å². The highest BCUT2D eigenvalue weighted by molar-refractivity contribution is 6.30. The van der Waals surface area contributed by atoms with E-state index in [4.69, 9.17) is 16.0 Å². The molecular weight excluding hydrogens is 314 g/mol. The second-order valence-corrected chi connectivity index (χ2v) is 5.32. The zero-order chi connectivity index (χ0) is 16.2. The third-order valence-corrected chi connectivity index (χ3v) is 3.44. The van der Waals surface area contributed by atoms with Gasteiger partial charge >= 0.3 is 5.63 Å². The molecule has 4 nitrogen and oxygen atoms in total. The molecule has 0 radical (unpaired) electrons. The quantitative estimate of drug-likeness (QED) is 0.582. The van der Waals surface area contributed by atoms with Crippen LogP contribution < -0.4 is 10.9 Å². The van der Waals surface area contributed by atoms with Crippen molar-refractivity contribution in [2.24, 2.45) is 0 Å². The Labute approximate surface area is 137 Å². The largest absolute Gasteiger partial charge is 0.423 e. The SMILES string of the molecule is O=C(C=Cc1ccc(Cl)cc1)Nc1ccc2oc(=O)ccc2c1. The molecule has 0 saturated carbocycles. The molecule has 0 unspecified atom stereocenters. The van der Waals surface area contributed by atoms with Crippen molar-refractivity contribution in [2.45, 2.75) is 0 Å². The Morgan fingerprint density at radius 3 is 2.61 bits per heavy atom. The number of halogens is 1. The van der Waals surface area contributed by atoms with E-state index in [1.807, 2.05) is 12.1 Å². The van der Waals surface area contributed by atoms with E-state index >= 15 is 0 Å². The lowest BCUT2D eigenvalue weighted by atomic mass is 10.2. The van der Waals surface area contributed by atoms with Crippen molar-refractivity contribution >= 4 is 40.2 Å². The molecule has 0 bridgehead atoms. The molecule has 0 fully saturated rings. The summed E-state index contributed by atoms with van der Waals surface area (Å²) in [6.07, 6.45) is 3.14. The predicted molar refractivity (Wildman–Crippen MR) is 91.6 cm³/mol. The molecule has 2 aromatic carbocycles. The number of amides is 1. The van der Waals surface area contributed by atoms with E-state index in [0.717, 1.165) is 10.9 Å². The van der Waals surface area contributed by atoms with Gasteiger partial charge in [-0.3, -0.25) is 4.79 Å². The summed E-state index contributed by atoms with van der Waals surface area (Å²) in [5.74, 6) is -0.253. The molecule has 0 aliphatic heterocycles. The molecule has 0 saturated heterocycles. The molecule has 0 atom stereocenters. The summed E-state index contributed by atoms with van der Waals surface area (Å²) >= 11 is 5.81. The fraction of sp³-hybridized carbons (Fsp3) is 0. The van der Waals surface area contributed by atoms with Gasteiger partial charge in [-0.05, 0) is 48.0 Å². The zero-order valence-corrected chi connectivity index (χ0v) is 12.7. The van der Waals surface area contributed by atoms with Crippen molar-refractivity contribution in [3.8, 4) is 0 Å². The first-order chi connectivity index (χ1) is 11.1. The Bertz CT molecular complexity index is 942. The summed E-state index contributed by atoms with van der Waals surface area (Å²) in [5.41, 5.74) is 1.58. The maximum Gasteiger partial charge on any atom is 0.336 e. The number of rotatable bonds is 3. The number of anilines is 1. The number of hydrogen-bond acceptors (Lipinski definition) is 3. The molecular formula is C18H12ClNO3.